The molecule has 0 atom stereocenters. The summed E-state index contributed by atoms with van der Waals surface area (Å²) in [4.78, 5) is 14.3. The van der Waals surface area contributed by atoms with Gasteiger partial charge in [-0.05, 0) is 45.1 Å². The molecule has 2 nitrogen and oxygen atoms in total. The quantitative estimate of drug-likeness (QED) is 0.602. The third-order valence-electron chi connectivity index (χ3n) is 3.64. The second kappa shape index (κ2) is 6.13. The van der Waals surface area contributed by atoms with Crippen LogP contribution in [0.25, 0.3) is 0 Å². The normalized spacial score (nSPS) is 12.8. The lowest BCUT2D eigenvalue weighted by Gasteiger charge is -2.35. The van der Waals surface area contributed by atoms with Gasteiger partial charge in [-0.2, -0.15) is 13.2 Å². The van der Waals surface area contributed by atoms with Gasteiger partial charge in [0, 0.05) is 5.56 Å². The van der Waals surface area contributed by atoms with Gasteiger partial charge in [0.15, 0.2) is 5.78 Å². The number of carbonyl (C=O) groups excluding carboxylic acids is 1. The number of hydrogen-bond acceptors (Lipinski definition) is 2. The topological polar surface area (TPSA) is 20.3 Å². The minimum absolute atomic E-state index is 0.138. The molecule has 0 bridgehead atoms. The highest BCUT2D eigenvalue weighted by Crippen LogP contribution is 2.33. The van der Waals surface area contributed by atoms with Crippen molar-refractivity contribution in [1.82, 2.24) is 4.90 Å². The second-order valence-electron chi connectivity index (χ2n) is 5.25. The Hall–Kier alpha value is -1.43. The Morgan fingerprint density at radius 1 is 1.14 bits per heavy atom. The molecule has 0 fully saturated rings. The van der Waals surface area contributed by atoms with Crippen molar-refractivity contribution in [3.05, 3.63) is 35.1 Å². The monoisotopic (exact) mass is 305 g/mol. The number of Topliss-reactive ketones (excluding diaryl/α,β-unsaturated/α-hetero) is 1. The van der Waals surface area contributed by atoms with Crippen molar-refractivity contribution >= 4 is 5.78 Å². The van der Waals surface area contributed by atoms with Crippen molar-refractivity contribution in [3.63, 3.8) is 0 Å². The Balaban J connectivity index is 3.26. The van der Waals surface area contributed by atoms with E-state index in [0.717, 1.165) is 6.07 Å². The summed E-state index contributed by atoms with van der Waals surface area (Å²) in [6, 6.07) is 2.37. The third kappa shape index (κ3) is 3.61. The zero-order valence-corrected chi connectivity index (χ0v) is 12.5. The third-order valence-corrected chi connectivity index (χ3v) is 3.64. The highest BCUT2D eigenvalue weighted by molar-refractivity contribution is 6.02. The first kappa shape index (κ1) is 17.6. The number of rotatable bonds is 5. The largest absolute Gasteiger partial charge is 0.419 e. The molecule has 118 valence electrons. The van der Waals surface area contributed by atoms with Crippen LogP contribution >= 0.6 is 0 Å². The molecular weight excluding hydrogens is 286 g/mol. The Morgan fingerprint density at radius 3 is 2.10 bits per heavy atom. The van der Waals surface area contributed by atoms with Crippen LogP contribution in [0, 0.1) is 5.82 Å². The van der Waals surface area contributed by atoms with Crippen LogP contribution in [0.1, 0.15) is 43.6 Å². The lowest BCUT2D eigenvalue weighted by atomic mass is 9.90. The van der Waals surface area contributed by atoms with E-state index in [0.29, 0.717) is 25.2 Å². The van der Waals surface area contributed by atoms with Crippen molar-refractivity contribution in [2.45, 2.75) is 39.4 Å². The lowest BCUT2D eigenvalue weighted by molar-refractivity contribution is -0.140. The van der Waals surface area contributed by atoms with Crippen LogP contribution in [0.3, 0.4) is 0 Å². The lowest BCUT2D eigenvalue weighted by Crippen LogP contribution is -2.50. The van der Waals surface area contributed by atoms with Crippen LogP contribution in [0.4, 0.5) is 17.6 Å². The molecule has 1 aromatic rings. The Morgan fingerprint density at radius 2 is 1.67 bits per heavy atom. The van der Waals surface area contributed by atoms with E-state index in [4.69, 9.17) is 0 Å². The summed E-state index contributed by atoms with van der Waals surface area (Å²) in [6.45, 7) is 8.21. The van der Waals surface area contributed by atoms with Crippen molar-refractivity contribution in [2.75, 3.05) is 13.1 Å². The molecule has 21 heavy (non-hydrogen) atoms. The van der Waals surface area contributed by atoms with E-state index in [1.807, 2.05) is 18.7 Å². The predicted octanol–water partition coefficient (Wildman–Crippen LogP) is 4.15. The van der Waals surface area contributed by atoms with Crippen LogP contribution < -0.4 is 0 Å². The Kier molecular flexibility index (Phi) is 5.15. The number of halogens is 4. The van der Waals surface area contributed by atoms with Crippen LogP contribution in [-0.2, 0) is 6.18 Å². The van der Waals surface area contributed by atoms with E-state index in [1.165, 1.54) is 0 Å². The fourth-order valence-corrected chi connectivity index (χ4v) is 2.39. The van der Waals surface area contributed by atoms with Gasteiger partial charge < -0.3 is 0 Å². The molecule has 0 radical (unpaired) electrons. The molecule has 0 aliphatic carbocycles. The molecule has 0 amide bonds. The summed E-state index contributed by atoms with van der Waals surface area (Å²) in [5.41, 5.74) is -2.51. The first-order valence-electron chi connectivity index (χ1n) is 6.72. The summed E-state index contributed by atoms with van der Waals surface area (Å²) < 4.78 is 51.4. The fraction of sp³-hybridized carbons (Fsp3) is 0.533. The van der Waals surface area contributed by atoms with Crippen molar-refractivity contribution in [3.8, 4) is 0 Å². The number of benzene rings is 1. The van der Waals surface area contributed by atoms with E-state index in [1.54, 1.807) is 13.8 Å². The zero-order valence-electron chi connectivity index (χ0n) is 12.5. The summed E-state index contributed by atoms with van der Waals surface area (Å²) >= 11 is 0. The number of ketones is 1. The minimum Gasteiger partial charge on any atom is -0.292 e. The van der Waals surface area contributed by atoms with Crippen LogP contribution in [-0.4, -0.2) is 29.3 Å². The fourth-order valence-electron chi connectivity index (χ4n) is 2.39. The van der Waals surface area contributed by atoms with Gasteiger partial charge in [-0.15, -0.1) is 0 Å². The molecule has 0 saturated heterocycles. The number of alkyl halides is 3. The molecule has 0 aliphatic rings. The molecular formula is C15H19F4NO. The predicted molar refractivity (Wildman–Crippen MR) is 72.7 cm³/mol. The summed E-state index contributed by atoms with van der Waals surface area (Å²) in [5, 5.41) is 0. The van der Waals surface area contributed by atoms with Crippen LogP contribution in [0.5, 0.6) is 0 Å². The number of hydrogen-bond donors (Lipinski definition) is 0. The molecule has 1 aromatic carbocycles. The molecule has 6 heteroatoms. The molecule has 0 aliphatic heterocycles. The first-order chi connectivity index (χ1) is 9.55. The van der Waals surface area contributed by atoms with Gasteiger partial charge in [-0.25, -0.2) is 4.39 Å². The first-order valence-corrected chi connectivity index (χ1v) is 6.72. The van der Waals surface area contributed by atoms with Gasteiger partial charge in [-0.3, -0.25) is 9.69 Å². The van der Waals surface area contributed by atoms with Gasteiger partial charge >= 0.3 is 6.18 Å². The average molecular weight is 305 g/mol. The molecule has 0 saturated carbocycles. The van der Waals surface area contributed by atoms with E-state index < -0.39 is 28.9 Å². The van der Waals surface area contributed by atoms with Crippen molar-refractivity contribution < 1.29 is 22.4 Å². The maximum absolute atomic E-state index is 13.3. The molecule has 0 spiro atoms. The smallest absolute Gasteiger partial charge is 0.292 e. The highest BCUT2D eigenvalue weighted by Gasteiger charge is 2.37. The number of likely N-dealkylation sites (N-methyl/N-ethyl adjacent to an activating group) is 1. The van der Waals surface area contributed by atoms with Gasteiger partial charge in [0.1, 0.15) is 5.82 Å². The van der Waals surface area contributed by atoms with Gasteiger partial charge in [0.2, 0.25) is 0 Å². The maximum Gasteiger partial charge on any atom is 0.419 e. The molecule has 0 heterocycles. The van der Waals surface area contributed by atoms with E-state index in [2.05, 4.69) is 0 Å². The van der Waals surface area contributed by atoms with Gasteiger partial charge in [-0.1, -0.05) is 13.8 Å². The van der Waals surface area contributed by atoms with Crippen LogP contribution in [0.15, 0.2) is 18.2 Å². The molecule has 0 unspecified atom stereocenters. The minimum atomic E-state index is -4.82. The summed E-state index contributed by atoms with van der Waals surface area (Å²) in [5.74, 6) is -1.84. The van der Waals surface area contributed by atoms with Crippen LogP contribution in [0.2, 0.25) is 0 Å². The summed E-state index contributed by atoms with van der Waals surface area (Å²) in [6.07, 6.45) is -4.82. The van der Waals surface area contributed by atoms with Gasteiger partial charge in [0.05, 0.1) is 11.1 Å². The Bertz CT molecular complexity index is 519. The second-order valence-corrected chi connectivity index (χ2v) is 5.25. The van der Waals surface area contributed by atoms with E-state index >= 15 is 0 Å². The van der Waals surface area contributed by atoms with E-state index in [-0.39, 0.29) is 5.56 Å². The zero-order chi connectivity index (χ0) is 16.4. The standard InChI is InChI=1S/C15H19F4NO/c1-5-20(6-2)14(3,4)13(21)10-7-8-12(16)11(9-10)15(17,18)19/h7-9H,5-6H2,1-4H3. The summed E-state index contributed by atoms with van der Waals surface area (Å²) in [7, 11) is 0. The molecule has 0 N–H and O–H groups in total. The van der Waals surface area contributed by atoms with Gasteiger partial charge in [0.25, 0.3) is 0 Å². The molecule has 0 aromatic heterocycles. The number of carbonyl (C=O) groups is 1. The maximum atomic E-state index is 13.3. The molecule has 1 rings (SSSR count). The highest BCUT2D eigenvalue weighted by atomic mass is 19.4. The number of nitrogens with zero attached hydrogens (tertiary/aromatic N) is 1. The van der Waals surface area contributed by atoms with E-state index in [9.17, 15) is 22.4 Å². The average Bonchev–Trinajstić information content (AvgIpc) is 2.38. The SMILES string of the molecule is CCN(CC)C(C)(C)C(=O)c1ccc(F)c(C(F)(F)F)c1. The van der Waals surface area contributed by atoms with Crippen molar-refractivity contribution in [1.29, 1.82) is 0 Å². The Labute approximate surface area is 121 Å². The van der Waals surface area contributed by atoms with Crippen molar-refractivity contribution in [2.24, 2.45) is 0 Å².